The fourth-order valence-electron chi connectivity index (χ4n) is 2.58. The van der Waals surface area contributed by atoms with Crippen molar-refractivity contribution in [3.05, 3.63) is 64.2 Å². The Morgan fingerprint density at radius 3 is 2.31 bits per heavy atom. The summed E-state index contributed by atoms with van der Waals surface area (Å²) in [7, 11) is 0. The molecule has 6 nitrogen and oxygen atoms in total. The Morgan fingerprint density at radius 1 is 1.03 bits per heavy atom. The highest BCUT2D eigenvalue weighted by molar-refractivity contribution is 6.31. The molecule has 0 aromatic heterocycles. The van der Waals surface area contributed by atoms with Crippen LogP contribution in [-0.2, 0) is 14.3 Å². The lowest BCUT2D eigenvalue weighted by atomic mass is 10.0. The minimum absolute atomic E-state index is 0.213. The van der Waals surface area contributed by atoms with E-state index in [9.17, 15) is 14.4 Å². The van der Waals surface area contributed by atoms with Crippen LogP contribution in [-0.4, -0.2) is 30.4 Å². The molecule has 2 aromatic rings. The van der Waals surface area contributed by atoms with Crippen LogP contribution in [0.5, 0.6) is 0 Å². The van der Waals surface area contributed by atoms with Crippen molar-refractivity contribution in [3.63, 3.8) is 0 Å². The summed E-state index contributed by atoms with van der Waals surface area (Å²) in [6, 6.07) is 11.3. The first kappa shape index (κ1) is 22.4. The zero-order valence-corrected chi connectivity index (χ0v) is 17.7. The molecular weight excluding hydrogens is 392 g/mol. The summed E-state index contributed by atoms with van der Waals surface area (Å²) in [6.45, 7) is 6.81. The molecule has 0 bridgehead atoms. The van der Waals surface area contributed by atoms with E-state index in [1.807, 2.05) is 19.1 Å². The molecule has 0 unspecified atom stereocenters. The molecule has 0 fully saturated rings. The predicted molar refractivity (Wildman–Crippen MR) is 113 cm³/mol. The fraction of sp³-hybridized carbons (Fsp3) is 0.318. The number of nitrogens with one attached hydrogen (secondary N) is 2. The van der Waals surface area contributed by atoms with Crippen molar-refractivity contribution in [2.24, 2.45) is 5.92 Å². The van der Waals surface area contributed by atoms with Crippen LogP contribution in [0.1, 0.15) is 35.3 Å². The fourth-order valence-corrected chi connectivity index (χ4v) is 2.76. The van der Waals surface area contributed by atoms with Crippen molar-refractivity contribution in [3.8, 4) is 0 Å². The van der Waals surface area contributed by atoms with Gasteiger partial charge in [0.2, 0.25) is 0 Å². The van der Waals surface area contributed by atoms with Crippen LogP contribution in [0.3, 0.4) is 0 Å². The molecule has 0 aliphatic carbocycles. The summed E-state index contributed by atoms with van der Waals surface area (Å²) in [4.78, 5) is 37.0. The average molecular weight is 417 g/mol. The zero-order valence-electron chi connectivity index (χ0n) is 16.9. The van der Waals surface area contributed by atoms with Crippen LogP contribution in [0.4, 0.5) is 5.69 Å². The van der Waals surface area contributed by atoms with E-state index in [1.54, 1.807) is 51.1 Å². The number of carbonyl (C=O) groups is 3. The Hall–Kier alpha value is -2.86. The van der Waals surface area contributed by atoms with Crippen molar-refractivity contribution < 1.29 is 19.1 Å². The van der Waals surface area contributed by atoms with Crippen LogP contribution >= 0.6 is 11.6 Å². The van der Waals surface area contributed by atoms with E-state index in [0.29, 0.717) is 16.3 Å². The summed E-state index contributed by atoms with van der Waals surface area (Å²) in [6.07, 6.45) is 0. The normalized spacial score (nSPS) is 11.7. The van der Waals surface area contributed by atoms with Crippen LogP contribution in [0, 0.1) is 19.8 Å². The molecule has 0 aliphatic heterocycles. The number of amides is 2. The van der Waals surface area contributed by atoms with Crippen LogP contribution in [0.15, 0.2) is 42.5 Å². The highest BCUT2D eigenvalue weighted by Crippen LogP contribution is 2.22. The second kappa shape index (κ2) is 10.1. The van der Waals surface area contributed by atoms with E-state index < -0.39 is 24.5 Å². The summed E-state index contributed by atoms with van der Waals surface area (Å²) in [5.74, 6) is -1.75. The van der Waals surface area contributed by atoms with Gasteiger partial charge in [0, 0.05) is 16.3 Å². The van der Waals surface area contributed by atoms with Crippen molar-refractivity contribution in [2.45, 2.75) is 33.7 Å². The Balaban J connectivity index is 1.95. The number of carbonyl (C=O) groups excluding carboxylic acids is 3. The first-order valence-corrected chi connectivity index (χ1v) is 9.66. The number of halogens is 1. The maximum absolute atomic E-state index is 12.4. The van der Waals surface area contributed by atoms with E-state index in [-0.39, 0.29) is 11.8 Å². The molecular formula is C22H25ClN2O4. The first-order chi connectivity index (χ1) is 13.7. The summed E-state index contributed by atoms with van der Waals surface area (Å²) < 4.78 is 5.13. The molecule has 0 spiro atoms. The van der Waals surface area contributed by atoms with E-state index in [2.05, 4.69) is 10.6 Å². The van der Waals surface area contributed by atoms with Gasteiger partial charge < -0.3 is 15.4 Å². The molecule has 154 valence electrons. The van der Waals surface area contributed by atoms with Crippen molar-refractivity contribution in [2.75, 3.05) is 11.9 Å². The van der Waals surface area contributed by atoms with Gasteiger partial charge in [0.25, 0.3) is 11.8 Å². The lowest BCUT2D eigenvalue weighted by Crippen LogP contribution is -2.45. The molecule has 2 rings (SSSR count). The highest BCUT2D eigenvalue weighted by Gasteiger charge is 2.26. The number of hydrogen-bond acceptors (Lipinski definition) is 4. The second-order valence-electron chi connectivity index (χ2n) is 7.13. The molecule has 0 saturated carbocycles. The molecule has 2 aromatic carbocycles. The molecule has 0 radical (unpaired) electrons. The van der Waals surface area contributed by atoms with E-state index in [1.165, 1.54) is 0 Å². The lowest BCUT2D eigenvalue weighted by molar-refractivity contribution is -0.150. The molecule has 2 N–H and O–H groups in total. The van der Waals surface area contributed by atoms with Gasteiger partial charge in [-0.1, -0.05) is 49.2 Å². The number of benzene rings is 2. The minimum Gasteiger partial charge on any atom is -0.454 e. The number of anilines is 1. The van der Waals surface area contributed by atoms with Crippen molar-refractivity contribution >= 4 is 35.1 Å². The van der Waals surface area contributed by atoms with Gasteiger partial charge in [-0.15, -0.1) is 0 Å². The second-order valence-corrected chi connectivity index (χ2v) is 7.54. The van der Waals surface area contributed by atoms with E-state index in [4.69, 9.17) is 16.3 Å². The Kier molecular flexibility index (Phi) is 7.79. The molecule has 0 aliphatic rings. The predicted octanol–water partition coefficient (Wildman–Crippen LogP) is 3.89. The Morgan fingerprint density at radius 2 is 1.69 bits per heavy atom. The Bertz CT molecular complexity index is 894. The molecule has 2 amide bonds. The maximum atomic E-state index is 12.4. The quantitative estimate of drug-likeness (QED) is 0.670. The number of rotatable bonds is 7. The van der Waals surface area contributed by atoms with Crippen LogP contribution < -0.4 is 10.6 Å². The van der Waals surface area contributed by atoms with Gasteiger partial charge in [-0.3, -0.25) is 9.59 Å². The third kappa shape index (κ3) is 6.32. The summed E-state index contributed by atoms with van der Waals surface area (Å²) in [5, 5.41) is 5.86. The van der Waals surface area contributed by atoms with Gasteiger partial charge in [0.1, 0.15) is 6.04 Å². The highest BCUT2D eigenvalue weighted by atomic mass is 35.5. The largest absolute Gasteiger partial charge is 0.454 e. The van der Waals surface area contributed by atoms with Crippen LogP contribution in [0.2, 0.25) is 5.02 Å². The van der Waals surface area contributed by atoms with Gasteiger partial charge in [-0.05, 0) is 49.6 Å². The van der Waals surface area contributed by atoms with Gasteiger partial charge in [-0.2, -0.15) is 0 Å². The SMILES string of the molecule is Cc1ccc(C(=O)N[C@H](C(=O)OCC(=O)Nc2cccc(Cl)c2C)C(C)C)cc1. The van der Waals surface area contributed by atoms with Gasteiger partial charge in [0.05, 0.1) is 0 Å². The van der Waals surface area contributed by atoms with E-state index in [0.717, 1.165) is 11.1 Å². The van der Waals surface area contributed by atoms with Crippen LogP contribution in [0.25, 0.3) is 0 Å². The number of esters is 1. The van der Waals surface area contributed by atoms with Crippen molar-refractivity contribution in [1.82, 2.24) is 5.32 Å². The smallest absolute Gasteiger partial charge is 0.329 e. The number of aryl methyl sites for hydroxylation is 1. The Labute approximate surface area is 175 Å². The third-order valence-corrected chi connectivity index (χ3v) is 4.82. The average Bonchev–Trinajstić information content (AvgIpc) is 2.68. The lowest BCUT2D eigenvalue weighted by Gasteiger charge is -2.21. The molecule has 29 heavy (non-hydrogen) atoms. The first-order valence-electron chi connectivity index (χ1n) is 9.28. The molecule has 0 saturated heterocycles. The third-order valence-electron chi connectivity index (χ3n) is 4.41. The van der Waals surface area contributed by atoms with Crippen molar-refractivity contribution in [1.29, 1.82) is 0 Å². The van der Waals surface area contributed by atoms with Gasteiger partial charge in [0.15, 0.2) is 6.61 Å². The van der Waals surface area contributed by atoms with Gasteiger partial charge >= 0.3 is 5.97 Å². The monoisotopic (exact) mass is 416 g/mol. The molecule has 7 heteroatoms. The molecule has 0 heterocycles. The summed E-state index contributed by atoms with van der Waals surface area (Å²) in [5.41, 5.74) is 2.75. The topological polar surface area (TPSA) is 84.5 Å². The van der Waals surface area contributed by atoms with Gasteiger partial charge in [-0.25, -0.2) is 4.79 Å². The standard InChI is InChI=1S/C22H25ClN2O4/c1-13(2)20(25-21(27)16-10-8-14(3)9-11-16)22(28)29-12-19(26)24-18-7-5-6-17(23)15(18)4/h5-11,13,20H,12H2,1-4H3,(H,24,26)(H,25,27)/t20-/m0/s1. The number of ether oxygens (including phenoxy) is 1. The minimum atomic E-state index is -0.871. The number of hydrogen-bond donors (Lipinski definition) is 2. The summed E-state index contributed by atoms with van der Waals surface area (Å²) >= 11 is 6.03. The molecule has 1 atom stereocenters. The zero-order chi connectivity index (χ0) is 21.6. The maximum Gasteiger partial charge on any atom is 0.329 e. The van der Waals surface area contributed by atoms with E-state index >= 15 is 0 Å².